The Hall–Kier alpha value is -2.02. The Morgan fingerprint density at radius 3 is 2.45 bits per heavy atom. The molecule has 2 N–H and O–H groups in total. The number of rotatable bonds is 5. The Morgan fingerprint density at radius 2 is 1.74 bits per heavy atom. The summed E-state index contributed by atoms with van der Waals surface area (Å²) in [7, 11) is 0. The minimum Gasteiger partial charge on any atom is -0.378 e. The van der Waals surface area contributed by atoms with Crippen LogP contribution in [0, 0.1) is 5.82 Å². The van der Waals surface area contributed by atoms with Crippen LogP contribution in [0.1, 0.15) is 54.8 Å². The second-order valence-electron chi connectivity index (χ2n) is 7.58. The molecule has 31 heavy (non-hydrogen) atoms. The summed E-state index contributed by atoms with van der Waals surface area (Å²) in [6.45, 7) is 3.80. The van der Waals surface area contributed by atoms with Crippen LogP contribution in [0.5, 0.6) is 0 Å². The molecule has 1 aliphatic heterocycles. The molecule has 0 saturated carbocycles. The summed E-state index contributed by atoms with van der Waals surface area (Å²) in [4.78, 5) is 4.44. The SMILES string of the molecule is C[C@@H](Nc1ccnc2ccc(C3CCNCC3)cc12)c1cccc(C(F)F)c1F.Cl.Cl. The molecule has 0 bridgehead atoms. The minimum atomic E-state index is -2.84. The summed E-state index contributed by atoms with van der Waals surface area (Å²) in [6, 6.07) is 11.8. The van der Waals surface area contributed by atoms with E-state index in [2.05, 4.69) is 27.8 Å². The van der Waals surface area contributed by atoms with Gasteiger partial charge < -0.3 is 10.6 Å². The number of hydrogen-bond donors (Lipinski definition) is 2. The molecule has 168 valence electrons. The Kier molecular flexibility index (Phi) is 8.98. The molecule has 0 spiro atoms. The van der Waals surface area contributed by atoms with Crippen molar-refractivity contribution in [2.75, 3.05) is 18.4 Å². The molecule has 0 aliphatic carbocycles. The average Bonchev–Trinajstić information content (AvgIpc) is 2.74. The number of halogens is 5. The molecule has 1 aromatic heterocycles. The molecule has 3 aromatic rings. The van der Waals surface area contributed by atoms with Gasteiger partial charge in [0.05, 0.1) is 17.1 Å². The minimum absolute atomic E-state index is 0. The normalized spacial score (nSPS) is 15.3. The van der Waals surface area contributed by atoms with Crippen LogP contribution < -0.4 is 10.6 Å². The number of piperidine rings is 1. The van der Waals surface area contributed by atoms with E-state index >= 15 is 0 Å². The summed E-state index contributed by atoms with van der Waals surface area (Å²) >= 11 is 0. The van der Waals surface area contributed by atoms with Gasteiger partial charge in [0.2, 0.25) is 0 Å². The van der Waals surface area contributed by atoms with Crippen molar-refractivity contribution in [3.8, 4) is 0 Å². The summed E-state index contributed by atoms with van der Waals surface area (Å²) in [5.74, 6) is -0.345. The second kappa shape index (κ2) is 11.0. The maximum atomic E-state index is 14.6. The second-order valence-corrected chi connectivity index (χ2v) is 7.58. The molecule has 0 radical (unpaired) electrons. The molecule has 1 atom stereocenters. The van der Waals surface area contributed by atoms with Crippen molar-refractivity contribution >= 4 is 41.4 Å². The third-order valence-electron chi connectivity index (χ3n) is 5.71. The van der Waals surface area contributed by atoms with Crippen LogP contribution in [0.25, 0.3) is 10.9 Å². The Labute approximate surface area is 192 Å². The zero-order chi connectivity index (χ0) is 20.4. The number of nitrogens with one attached hydrogen (secondary N) is 2. The van der Waals surface area contributed by atoms with Crippen LogP contribution in [-0.4, -0.2) is 18.1 Å². The van der Waals surface area contributed by atoms with E-state index in [4.69, 9.17) is 0 Å². The van der Waals surface area contributed by atoms with Crippen LogP contribution in [0.15, 0.2) is 48.7 Å². The first-order valence-corrected chi connectivity index (χ1v) is 9.97. The van der Waals surface area contributed by atoms with Gasteiger partial charge in [-0.05, 0) is 62.5 Å². The Balaban J connectivity index is 0.00000171. The number of hydrogen-bond acceptors (Lipinski definition) is 3. The summed E-state index contributed by atoms with van der Waals surface area (Å²) in [6.07, 6.45) is 1.05. The first kappa shape index (κ1) is 25.2. The highest BCUT2D eigenvalue weighted by Crippen LogP contribution is 2.33. The number of nitrogens with zero attached hydrogens (tertiary/aromatic N) is 1. The third-order valence-corrected chi connectivity index (χ3v) is 5.71. The number of aromatic nitrogens is 1. The van der Waals surface area contributed by atoms with Crippen LogP contribution in [-0.2, 0) is 0 Å². The monoisotopic (exact) mass is 471 g/mol. The number of pyridine rings is 1. The smallest absolute Gasteiger partial charge is 0.266 e. The Bertz CT molecular complexity index is 1010. The van der Waals surface area contributed by atoms with Gasteiger partial charge in [0, 0.05) is 22.8 Å². The largest absolute Gasteiger partial charge is 0.378 e. The summed E-state index contributed by atoms with van der Waals surface area (Å²) < 4.78 is 40.7. The van der Waals surface area contributed by atoms with Crippen molar-refractivity contribution in [2.45, 2.75) is 38.2 Å². The highest BCUT2D eigenvalue weighted by atomic mass is 35.5. The van der Waals surface area contributed by atoms with Gasteiger partial charge in [-0.2, -0.15) is 0 Å². The topological polar surface area (TPSA) is 37.0 Å². The van der Waals surface area contributed by atoms with E-state index in [1.165, 1.54) is 11.6 Å². The molecule has 3 nitrogen and oxygen atoms in total. The average molecular weight is 472 g/mol. The van der Waals surface area contributed by atoms with E-state index in [9.17, 15) is 13.2 Å². The molecule has 8 heteroatoms. The van der Waals surface area contributed by atoms with Gasteiger partial charge in [-0.1, -0.05) is 24.3 Å². The van der Waals surface area contributed by atoms with Crippen LogP contribution in [0.3, 0.4) is 0 Å². The fraction of sp³-hybridized carbons (Fsp3) is 0.348. The van der Waals surface area contributed by atoms with Crippen molar-refractivity contribution in [1.29, 1.82) is 0 Å². The zero-order valence-corrected chi connectivity index (χ0v) is 18.7. The molecule has 0 amide bonds. The van der Waals surface area contributed by atoms with Gasteiger partial charge in [0.25, 0.3) is 6.43 Å². The maximum absolute atomic E-state index is 14.6. The summed E-state index contributed by atoms with van der Waals surface area (Å²) in [5, 5.41) is 7.64. The summed E-state index contributed by atoms with van der Waals surface area (Å²) in [5.41, 5.74) is 2.60. The molecule has 1 fully saturated rings. The fourth-order valence-electron chi connectivity index (χ4n) is 4.08. The van der Waals surface area contributed by atoms with Crippen molar-refractivity contribution in [2.24, 2.45) is 0 Å². The van der Waals surface area contributed by atoms with E-state index < -0.39 is 23.8 Å². The van der Waals surface area contributed by atoms with Crippen molar-refractivity contribution < 1.29 is 13.2 Å². The van der Waals surface area contributed by atoms with E-state index in [-0.39, 0.29) is 30.4 Å². The third kappa shape index (κ3) is 5.43. The highest BCUT2D eigenvalue weighted by molar-refractivity contribution is 5.91. The van der Waals surface area contributed by atoms with Gasteiger partial charge in [-0.25, -0.2) is 13.2 Å². The molecule has 2 heterocycles. The Morgan fingerprint density at radius 1 is 1.03 bits per heavy atom. The van der Waals surface area contributed by atoms with Gasteiger partial charge >= 0.3 is 0 Å². The molecule has 4 rings (SSSR count). The fourth-order valence-corrected chi connectivity index (χ4v) is 4.08. The molecule has 2 aromatic carbocycles. The molecular formula is C23H26Cl2F3N3. The van der Waals surface area contributed by atoms with Crippen LogP contribution >= 0.6 is 24.8 Å². The van der Waals surface area contributed by atoms with Gasteiger partial charge in [-0.15, -0.1) is 24.8 Å². The maximum Gasteiger partial charge on any atom is 0.266 e. The number of fused-ring (bicyclic) bond motifs is 1. The first-order valence-electron chi connectivity index (χ1n) is 9.97. The van der Waals surface area contributed by atoms with Crippen molar-refractivity contribution in [3.05, 3.63) is 71.2 Å². The molecule has 0 unspecified atom stereocenters. The zero-order valence-electron chi connectivity index (χ0n) is 17.1. The van der Waals surface area contributed by atoms with Crippen LogP contribution in [0.2, 0.25) is 0 Å². The van der Waals surface area contributed by atoms with E-state index in [1.54, 1.807) is 19.2 Å². The quantitative estimate of drug-likeness (QED) is 0.429. The number of alkyl halides is 2. The number of anilines is 1. The van der Waals surface area contributed by atoms with Gasteiger partial charge in [0.1, 0.15) is 5.82 Å². The lowest BCUT2D eigenvalue weighted by Gasteiger charge is -2.24. The predicted molar refractivity (Wildman–Crippen MR) is 124 cm³/mol. The predicted octanol–water partition coefficient (Wildman–Crippen LogP) is 6.80. The lowest BCUT2D eigenvalue weighted by atomic mass is 9.89. The first-order chi connectivity index (χ1) is 14.0. The van der Waals surface area contributed by atoms with Gasteiger partial charge in [-0.3, -0.25) is 4.98 Å². The molecule has 1 aliphatic rings. The van der Waals surface area contributed by atoms with Crippen molar-refractivity contribution in [1.82, 2.24) is 10.3 Å². The van der Waals surface area contributed by atoms with E-state index in [0.29, 0.717) is 5.92 Å². The highest BCUT2D eigenvalue weighted by Gasteiger charge is 2.20. The standard InChI is InChI=1S/C23H24F3N3.2ClH/c1-14(17-3-2-4-18(22(17)24)23(25)26)29-21-9-12-28-20-6-5-16(13-19(20)21)15-7-10-27-11-8-15;;/h2-6,9,12-15,23,27H,7-8,10-11H2,1H3,(H,28,29);2*1H/t14-;;/m1../s1. The van der Waals surface area contributed by atoms with E-state index in [1.807, 2.05) is 12.1 Å². The lowest BCUT2D eigenvalue weighted by molar-refractivity contribution is 0.146. The van der Waals surface area contributed by atoms with Gasteiger partial charge in [0.15, 0.2) is 0 Å². The lowest BCUT2D eigenvalue weighted by Crippen LogP contribution is -2.26. The molecule has 1 saturated heterocycles. The van der Waals surface area contributed by atoms with Crippen LogP contribution in [0.4, 0.5) is 18.9 Å². The number of benzene rings is 2. The molecular weight excluding hydrogens is 446 g/mol. The van der Waals surface area contributed by atoms with Crippen molar-refractivity contribution in [3.63, 3.8) is 0 Å². The van der Waals surface area contributed by atoms with E-state index in [0.717, 1.165) is 48.6 Å².